The van der Waals surface area contributed by atoms with Crippen LogP contribution in [0.4, 0.5) is 5.69 Å². The van der Waals surface area contributed by atoms with Crippen LogP contribution in [-0.4, -0.2) is 26.7 Å². The maximum atomic E-state index is 6.31. The van der Waals surface area contributed by atoms with Gasteiger partial charge in [-0.15, -0.1) is 11.3 Å². The van der Waals surface area contributed by atoms with Gasteiger partial charge in [0.05, 0.1) is 23.4 Å². The molecule has 8 heteroatoms. The summed E-state index contributed by atoms with van der Waals surface area (Å²) in [5.41, 5.74) is 8.57. The molecule has 4 rings (SSSR count). The van der Waals surface area contributed by atoms with Gasteiger partial charge in [-0.25, -0.2) is 9.97 Å². The number of rotatable bonds is 4. The molecule has 132 valence electrons. The van der Waals surface area contributed by atoms with Crippen molar-refractivity contribution in [2.45, 2.75) is 20.8 Å². The van der Waals surface area contributed by atoms with Crippen molar-refractivity contribution in [1.82, 2.24) is 20.1 Å². The second kappa shape index (κ2) is 6.38. The zero-order valence-electron chi connectivity index (χ0n) is 14.6. The Bertz CT molecular complexity index is 1090. The van der Waals surface area contributed by atoms with Gasteiger partial charge in [0, 0.05) is 5.56 Å². The van der Waals surface area contributed by atoms with Gasteiger partial charge in [0.1, 0.15) is 21.3 Å². The predicted molar refractivity (Wildman–Crippen MR) is 101 cm³/mol. The molecule has 0 fully saturated rings. The highest BCUT2D eigenvalue weighted by Crippen LogP contribution is 2.40. The van der Waals surface area contributed by atoms with Gasteiger partial charge in [0.2, 0.25) is 5.82 Å². The lowest BCUT2D eigenvalue weighted by atomic mass is 10.2. The fourth-order valence-electron chi connectivity index (χ4n) is 2.79. The van der Waals surface area contributed by atoms with Crippen LogP contribution in [0, 0.1) is 13.8 Å². The normalized spacial score (nSPS) is 11.2. The molecular weight excluding hydrogens is 350 g/mol. The minimum Gasteiger partial charge on any atom is -0.494 e. The summed E-state index contributed by atoms with van der Waals surface area (Å²) in [4.78, 5) is 14.9. The average Bonchev–Trinajstić information content (AvgIpc) is 3.21. The molecule has 0 saturated carbocycles. The zero-order chi connectivity index (χ0) is 18.3. The summed E-state index contributed by atoms with van der Waals surface area (Å²) in [6, 6.07) is 7.55. The highest BCUT2D eigenvalue weighted by Gasteiger charge is 2.20. The van der Waals surface area contributed by atoms with Gasteiger partial charge in [0.15, 0.2) is 0 Å². The topological polar surface area (TPSA) is 100.0 Å². The number of anilines is 1. The summed E-state index contributed by atoms with van der Waals surface area (Å²) in [6.07, 6.45) is 0. The number of hydrogen-bond acceptors (Lipinski definition) is 8. The van der Waals surface area contributed by atoms with Crippen LogP contribution in [0.1, 0.15) is 18.4 Å². The number of nitrogens with two attached hydrogens (primary N) is 1. The molecule has 0 aliphatic heterocycles. The Morgan fingerprint density at radius 3 is 2.62 bits per heavy atom. The number of nitrogens with zero attached hydrogens (tertiary/aromatic N) is 4. The fraction of sp³-hybridized carbons (Fsp3) is 0.222. The minimum absolute atomic E-state index is 0.381. The predicted octanol–water partition coefficient (Wildman–Crippen LogP) is 4.01. The Kier molecular flexibility index (Phi) is 4.04. The van der Waals surface area contributed by atoms with Crippen molar-refractivity contribution in [1.29, 1.82) is 0 Å². The molecule has 0 spiro atoms. The molecular formula is C18H17N5O2S. The molecule has 0 saturated heterocycles. The molecule has 4 aromatic rings. The quantitative estimate of drug-likeness (QED) is 0.581. The van der Waals surface area contributed by atoms with E-state index in [4.69, 9.17) is 15.0 Å². The lowest BCUT2D eigenvalue weighted by Crippen LogP contribution is -1.93. The zero-order valence-corrected chi connectivity index (χ0v) is 15.4. The van der Waals surface area contributed by atoms with E-state index in [1.807, 2.05) is 45.0 Å². The van der Waals surface area contributed by atoms with Gasteiger partial charge < -0.3 is 15.0 Å². The number of ether oxygens (including phenoxy) is 1. The van der Waals surface area contributed by atoms with E-state index in [-0.39, 0.29) is 0 Å². The van der Waals surface area contributed by atoms with Crippen LogP contribution in [0.25, 0.3) is 32.4 Å². The van der Waals surface area contributed by atoms with E-state index in [0.29, 0.717) is 34.7 Å². The summed E-state index contributed by atoms with van der Waals surface area (Å²) in [5.74, 6) is 2.40. The van der Waals surface area contributed by atoms with E-state index >= 15 is 0 Å². The number of thiophene rings is 1. The molecule has 1 aromatic carbocycles. The Morgan fingerprint density at radius 1 is 1.12 bits per heavy atom. The van der Waals surface area contributed by atoms with E-state index < -0.39 is 0 Å². The van der Waals surface area contributed by atoms with Crippen LogP contribution in [0.3, 0.4) is 0 Å². The number of aryl methyl sites for hydroxylation is 2. The summed E-state index contributed by atoms with van der Waals surface area (Å²) < 4.78 is 10.9. The van der Waals surface area contributed by atoms with Crippen molar-refractivity contribution in [3.63, 3.8) is 0 Å². The maximum Gasteiger partial charge on any atom is 0.270 e. The smallest absolute Gasteiger partial charge is 0.270 e. The fourth-order valence-corrected chi connectivity index (χ4v) is 3.90. The highest BCUT2D eigenvalue weighted by atomic mass is 32.1. The van der Waals surface area contributed by atoms with Crippen molar-refractivity contribution in [2.24, 2.45) is 0 Å². The molecule has 0 bridgehead atoms. The molecule has 0 atom stereocenters. The van der Waals surface area contributed by atoms with Gasteiger partial charge in [0.25, 0.3) is 5.89 Å². The highest BCUT2D eigenvalue weighted by molar-refractivity contribution is 7.22. The molecule has 0 aliphatic rings. The molecule has 0 radical (unpaired) electrons. The summed E-state index contributed by atoms with van der Waals surface area (Å²) in [5, 5.41) is 4.92. The van der Waals surface area contributed by atoms with Crippen LogP contribution >= 0.6 is 11.3 Å². The molecule has 3 aromatic heterocycles. The minimum atomic E-state index is 0.381. The third-order valence-corrected chi connectivity index (χ3v) is 5.01. The first-order chi connectivity index (χ1) is 12.6. The van der Waals surface area contributed by atoms with E-state index in [2.05, 4.69) is 20.1 Å². The van der Waals surface area contributed by atoms with Crippen LogP contribution in [0.15, 0.2) is 28.8 Å². The summed E-state index contributed by atoms with van der Waals surface area (Å²) in [7, 11) is 0. The molecule has 0 unspecified atom stereocenters. The van der Waals surface area contributed by atoms with Gasteiger partial charge in [-0.3, -0.25) is 0 Å². The van der Waals surface area contributed by atoms with Crippen LogP contribution < -0.4 is 10.5 Å². The van der Waals surface area contributed by atoms with E-state index in [9.17, 15) is 0 Å². The van der Waals surface area contributed by atoms with E-state index in [1.165, 1.54) is 11.3 Å². The van der Waals surface area contributed by atoms with Crippen molar-refractivity contribution < 1.29 is 9.26 Å². The first-order valence-corrected chi connectivity index (χ1v) is 8.99. The van der Waals surface area contributed by atoms with E-state index in [0.717, 1.165) is 27.2 Å². The van der Waals surface area contributed by atoms with Crippen molar-refractivity contribution in [3.8, 4) is 27.9 Å². The second-order valence-electron chi connectivity index (χ2n) is 5.76. The standard InChI is InChI=1S/C18H17N5O2S/c1-4-24-12-7-5-11(6-8-12)16-22-17(25-23-16)15-14(19)13-9(2)20-10(3)21-18(13)26-15/h5-8H,4,19H2,1-3H3. The number of nitrogen functional groups attached to an aromatic ring is 1. The summed E-state index contributed by atoms with van der Waals surface area (Å²) in [6.45, 7) is 6.35. The Hall–Kier alpha value is -3.00. The molecule has 0 amide bonds. The van der Waals surface area contributed by atoms with Crippen LogP contribution in [-0.2, 0) is 0 Å². The Morgan fingerprint density at radius 2 is 1.88 bits per heavy atom. The Balaban J connectivity index is 1.73. The second-order valence-corrected chi connectivity index (χ2v) is 6.76. The lowest BCUT2D eigenvalue weighted by molar-refractivity contribution is 0.340. The third-order valence-electron chi connectivity index (χ3n) is 3.93. The lowest BCUT2D eigenvalue weighted by Gasteiger charge is -2.02. The maximum absolute atomic E-state index is 6.31. The number of hydrogen-bond donors (Lipinski definition) is 1. The van der Waals surface area contributed by atoms with Crippen molar-refractivity contribution >= 4 is 27.2 Å². The van der Waals surface area contributed by atoms with Crippen molar-refractivity contribution in [2.75, 3.05) is 12.3 Å². The molecule has 3 heterocycles. The van der Waals surface area contributed by atoms with Gasteiger partial charge in [-0.2, -0.15) is 4.98 Å². The SMILES string of the molecule is CCOc1ccc(-c2noc(-c3sc4nc(C)nc(C)c4c3N)n2)cc1. The number of aromatic nitrogens is 4. The largest absolute Gasteiger partial charge is 0.494 e. The van der Waals surface area contributed by atoms with Crippen LogP contribution in [0.2, 0.25) is 0 Å². The molecule has 7 nitrogen and oxygen atoms in total. The van der Waals surface area contributed by atoms with Gasteiger partial charge in [-0.1, -0.05) is 5.16 Å². The molecule has 26 heavy (non-hydrogen) atoms. The third kappa shape index (κ3) is 2.78. The van der Waals surface area contributed by atoms with Crippen molar-refractivity contribution in [3.05, 3.63) is 35.8 Å². The molecule has 0 aliphatic carbocycles. The van der Waals surface area contributed by atoms with Gasteiger partial charge >= 0.3 is 0 Å². The summed E-state index contributed by atoms with van der Waals surface area (Å²) >= 11 is 1.43. The van der Waals surface area contributed by atoms with E-state index in [1.54, 1.807) is 0 Å². The molecule has 2 N–H and O–H groups in total. The first-order valence-electron chi connectivity index (χ1n) is 8.17. The van der Waals surface area contributed by atoms with Crippen LogP contribution in [0.5, 0.6) is 5.75 Å². The van der Waals surface area contributed by atoms with Gasteiger partial charge in [-0.05, 0) is 45.0 Å². The number of fused-ring (bicyclic) bond motifs is 1. The average molecular weight is 367 g/mol. The monoisotopic (exact) mass is 367 g/mol. The number of benzene rings is 1. The first kappa shape index (κ1) is 16.5. The Labute approximate surface area is 153 Å².